The van der Waals surface area contributed by atoms with Crippen LogP contribution in [0.1, 0.15) is 36.3 Å². The van der Waals surface area contributed by atoms with Crippen molar-refractivity contribution in [2.45, 2.75) is 32.7 Å². The number of aromatic nitrogens is 2. The van der Waals surface area contributed by atoms with Crippen molar-refractivity contribution in [3.05, 3.63) is 50.7 Å². The van der Waals surface area contributed by atoms with Gasteiger partial charge in [-0.25, -0.2) is 0 Å². The van der Waals surface area contributed by atoms with Gasteiger partial charge in [0.25, 0.3) is 0 Å². The van der Waals surface area contributed by atoms with Crippen molar-refractivity contribution in [1.82, 2.24) is 15.1 Å². The SMILES string of the molecule is CCCNC(Cc1c(Cl)c(C)nn1C)c1ccccc1Br. The molecule has 0 radical (unpaired) electrons. The van der Waals surface area contributed by atoms with Gasteiger partial charge >= 0.3 is 0 Å². The Balaban J connectivity index is 2.31. The maximum atomic E-state index is 6.40. The van der Waals surface area contributed by atoms with Gasteiger partial charge in [0.05, 0.1) is 16.4 Å². The lowest BCUT2D eigenvalue weighted by molar-refractivity contribution is 0.511. The second-order valence-electron chi connectivity index (χ2n) is 5.20. The molecule has 1 unspecified atom stereocenters. The van der Waals surface area contributed by atoms with Crippen LogP contribution in [-0.4, -0.2) is 16.3 Å². The summed E-state index contributed by atoms with van der Waals surface area (Å²) in [4.78, 5) is 0. The van der Waals surface area contributed by atoms with E-state index in [2.05, 4.69) is 51.5 Å². The number of hydrogen-bond acceptors (Lipinski definition) is 2. The third-order valence-corrected chi connectivity index (χ3v) is 4.79. The number of aryl methyl sites for hydroxylation is 2. The number of hydrogen-bond donors (Lipinski definition) is 1. The Morgan fingerprint density at radius 1 is 1.38 bits per heavy atom. The average Bonchev–Trinajstić information content (AvgIpc) is 2.70. The molecule has 0 aliphatic rings. The third-order valence-electron chi connectivity index (χ3n) is 3.58. The molecule has 1 heterocycles. The van der Waals surface area contributed by atoms with Gasteiger partial charge in [-0.1, -0.05) is 52.7 Å². The molecule has 114 valence electrons. The molecule has 0 aliphatic carbocycles. The van der Waals surface area contributed by atoms with Gasteiger partial charge in [0.15, 0.2) is 0 Å². The number of nitrogens with one attached hydrogen (secondary N) is 1. The largest absolute Gasteiger partial charge is 0.310 e. The van der Waals surface area contributed by atoms with E-state index in [1.54, 1.807) is 0 Å². The first-order valence-corrected chi connectivity index (χ1v) is 8.37. The first kappa shape index (κ1) is 16.5. The Bertz CT molecular complexity index is 610. The highest BCUT2D eigenvalue weighted by Crippen LogP contribution is 2.29. The van der Waals surface area contributed by atoms with Crippen molar-refractivity contribution in [2.24, 2.45) is 7.05 Å². The minimum Gasteiger partial charge on any atom is -0.310 e. The zero-order valence-electron chi connectivity index (χ0n) is 12.7. The fraction of sp³-hybridized carbons (Fsp3) is 0.438. The van der Waals surface area contributed by atoms with E-state index in [1.807, 2.05) is 24.7 Å². The van der Waals surface area contributed by atoms with Crippen LogP contribution in [0.2, 0.25) is 5.02 Å². The first-order chi connectivity index (χ1) is 10.0. The van der Waals surface area contributed by atoms with Crippen molar-refractivity contribution >= 4 is 27.5 Å². The average molecular weight is 371 g/mol. The van der Waals surface area contributed by atoms with Gasteiger partial charge in [0, 0.05) is 24.0 Å². The maximum Gasteiger partial charge on any atom is 0.0847 e. The van der Waals surface area contributed by atoms with Crippen LogP contribution in [0.3, 0.4) is 0 Å². The molecule has 0 bridgehead atoms. The number of halogens is 2. The molecule has 0 aliphatic heterocycles. The van der Waals surface area contributed by atoms with Crippen LogP contribution in [0, 0.1) is 6.92 Å². The minimum absolute atomic E-state index is 0.216. The molecule has 0 amide bonds. The molecule has 1 atom stereocenters. The van der Waals surface area contributed by atoms with Crippen molar-refractivity contribution in [3.8, 4) is 0 Å². The minimum atomic E-state index is 0.216. The molecule has 0 saturated carbocycles. The lowest BCUT2D eigenvalue weighted by atomic mass is 10.0. The Labute approximate surface area is 139 Å². The fourth-order valence-corrected chi connectivity index (χ4v) is 3.26. The van der Waals surface area contributed by atoms with Crippen molar-refractivity contribution in [3.63, 3.8) is 0 Å². The van der Waals surface area contributed by atoms with Gasteiger partial charge < -0.3 is 5.32 Å². The van der Waals surface area contributed by atoms with E-state index >= 15 is 0 Å². The summed E-state index contributed by atoms with van der Waals surface area (Å²) in [6, 6.07) is 8.54. The van der Waals surface area contributed by atoms with Crippen molar-refractivity contribution < 1.29 is 0 Å². The highest BCUT2D eigenvalue weighted by Gasteiger charge is 2.19. The smallest absolute Gasteiger partial charge is 0.0847 e. The molecular weight excluding hydrogens is 350 g/mol. The predicted molar refractivity (Wildman–Crippen MR) is 91.8 cm³/mol. The van der Waals surface area contributed by atoms with Gasteiger partial charge in [-0.15, -0.1) is 0 Å². The lowest BCUT2D eigenvalue weighted by Gasteiger charge is -2.20. The quantitative estimate of drug-likeness (QED) is 0.815. The molecule has 2 aromatic rings. The van der Waals surface area contributed by atoms with Crippen LogP contribution >= 0.6 is 27.5 Å². The van der Waals surface area contributed by atoms with Crippen molar-refractivity contribution in [1.29, 1.82) is 0 Å². The summed E-state index contributed by atoms with van der Waals surface area (Å²) in [5.74, 6) is 0. The van der Waals surface area contributed by atoms with E-state index in [4.69, 9.17) is 11.6 Å². The van der Waals surface area contributed by atoms with Crippen LogP contribution in [-0.2, 0) is 13.5 Å². The molecule has 21 heavy (non-hydrogen) atoms. The number of benzene rings is 1. The summed E-state index contributed by atoms with van der Waals surface area (Å²) in [7, 11) is 1.95. The third kappa shape index (κ3) is 3.87. The molecular formula is C16H21BrClN3. The Kier molecular flexibility index (Phi) is 5.85. The zero-order chi connectivity index (χ0) is 15.4. The Hall–Kier alpha value is -0.840. The summed E-state index contributed by atoms with van der Waals surface area (Å²) in [5.41, 5.74) is 3.20. The van der Waals surface area contributed by atoms with E-state index in [0.29, 0.717) is 0 Å². The van der Waals surface area contributed by atoms with Crippen LogP contribution in [0.5, 0.6) is 0 Å². The van der Waals surface area contributed by atoms with E-state index in [0.717, 1.165) is 40.3 Å². The zero-order valence-corrected chi connectivity index (χ0v) is 15.0. The monoisotopic (exact) mass is 369 g/mol. The Morgan fingerprint density at radius 3 is 2.67 bits per heavy atom. The Morgan fingerprint density at radius 2 is 2.10 bits per heavy atom. The number of rotatable bonds is 6. The fourth-order valence-electron chi connectivity index (χ4n) is 2.46. The normalized spacial score (nSPS) is 12.6. The van der Waals surface area contributed by atoms with Gasteiger partial charge in [-0.2, -0.15) is 5.10 Å². The van der Waals surface area contributed by atoms with Crippen LogP contribution in [0.15, 0.2) is 28.7 Å². The van der Waals surface area contributed by atoms with Crippen molar-refractivity contribution in [2.75, 3.05) is 6.54 Å². The van der Waals surface area contributed by atoms with Gasteiger partial charge in [-0.05, 0) is 31.5 Å². The van der Waals surface area contributed by atoms with Crippen LogP contribution < -0.4 is 5.32 Å². The van der Waals surface area contributed by atoms with Gasteiger partial charge in [0.2, 0.25) is 0 Å². The second-order valence-corrected chi connectivity index (χ2v) is 6.43. The summed E-state index contributed by atoms with van der Waals surface area (Å²) < 4.78 is 3.00. The summed E-state index contributed by atoms with van der Waals surface area (Å²) in [5, 5.41) is 8.79. The topological polar surface area (TPSA) is 29.9 Å². The predicted octanol–water partition coefficient (Wildman–Crippen LogP) is 4.43. The van der Waals surface area contributed by atoms with E-state index in [1.165, 1.54) is 5.56 Å². The molecule has 3 nitrogen and oxygen atoms in total. The first-order valence-electron chi connectivity index (χ1n) is 7.20. The van der Waals surface area contributed by atoms with E-state index < -0.39 is 0 Å². The molecule has 5 heteroatoms. The maximum absolute atomic E-state index is 6.40. The molecule has 1 aromatic carbocycles. The molecule has 2 rings (SSSR count). The highest BCUT2D eigenvalue weighted by atomic mass is 79.9. The standard InChI is InChI=1S/C16H21BrClN3/c1-4-9-19-14(12-7-5-6-8-13(12)17)10-15-16(18)11(2)20-21(15)3/h5-8,14,19H,4,9-10H2,1-3H3. The summed E-state index contributed by atoms with van der Waals surface area (Å²) in [6.45, 7) is 5.09. The molecule has 0 saturated heterocycles. The lowest BCUT2D eigenvalue weighted by Crippen LogP contribution is -2.25. The van der Waals surface area contributed by atoms with E-state index in [9.17, 15) is 0 Å². The molecule has 0 spiro atoms. The van der Waals surface area contributed by atoms with Crippen LogP contribution in [0.4, 0.5) is 0 Å². The molecule has 0 fully saturated rings. The van der Waals surface area contributed by atoms with Crippen LogP contribution in [0.25, 0.3) is 0 Å². The molecule has 1 N–H and O–H groups in total. The van der Waals surface area contributed by atoms with Gasteiger partial charge in [-0.3, -0.25) is 4.68 Å². The highest BCUT2D eigenvalue weighted by molar-refractivity contribution is 9.10. The van der Waals surface area contributed by atoms with Gasteiger partial charge in [0.1, 0.15) is 0 Å². The summed E-state index contributed by atoms with van der Waals surface area (Å²) in [6.07, 6.45) is 1.91. The summed E-state index contributed by atoms with van der Waals surface area (Å²) >= 11 is 10.0. The number of nitrogens with zero attached hydrogens (tertiary/aromatic N) is 2. The van der Waals surface area contributed by atoms with E-state index in [-0.39, 0.29) is 6.04 Å². The second kappa shape index (κ2) is 7.43. The molecule has 1 aromatic heterocycles.